The molecule has 1 amide bonds. The van der Waals surface area contributed by atoms with E-state index in [0.29, 0.717) is 43.7 Å². The van der Waals surface area contributed by atoms with Gasteiger partial charge in [-0.25, -0.2) is 4.39 Å². The van der Waals surface area contributed by atoms with Gasteiger partial charge in [0.25, 0.3) is 5.91 Å². The second-order valence-electron chi connectivity index (χ2n) is 11.7. The van der Waals surface area contributed by atoms with Crippen molar-refractivity contribution in [3.8, 4) is 5.75 Å². The fourth-order valence-electron chi connectivity index (χ4n) is 6.77. The summed E-state index contributed by atoms with van der Waals surface area (Å²) in [5.41, 5.74) is -0.727. The molecule has 3 heterocycles. The minimum atomic E-state index is -4.49. The van der Waals surface area contributed by atoms with Crippen molar-refractivity contribution in [1.29, 1.82) is 0 Å². The molecule has 2 aromatic carbocycles. The third-order valence-corrected chi connectivity index (χ3v) is 9.17. The maximum Gasteiger partial charge on any atom is 0.416 e. The van der Waals surface area contributed by atoms with E-state index in [2.05, 4.69) is 4.90 Å². The summed E-state index contributed by atoms with van der Waals surface area (Å²) in [6.07, 6.45) is -1.13. The number of carboxylic acids is 1. The van der Waals surface area contributed by atoms with Crippen LogP contribution in [-0.2, 0) is 27.0 Å². The summed E-state index contributed by atoms with van der Waals surface area (Å²) in [6, 6.07) is 9.25. The largest absolute Gasteiger partial charge is 0.481 e. The highest BCUT2D eigenvalue weighted by atomic mass is 19.4. The van der Waals surface area contributed by atoms with Gasteiger partial charge in [0.1, 0.15) is 17.2 Å². The average Bonchev–Trinajstić information content (AvgIpc) is 3.82. The van der Waals surface area contributed by atoms with Gasteiger partial charge in [0.2, 0.25) is 0 Å². The topological polar surface area (TPSA) is 79.3 Å². The minimum absolute atomic E-state index is 0.0105. The first-order valence-electron chi connectivity index (χ1n) is 14.0. The van der Waals surface area contributed by atoms with E-state index in [0.717, 1.165) is 30.5 Å². The summed E-state index contributed by atoms with van der Waals surface area (Å²) in [6.45, 7) is 1.20. The number of halogens is 4. The molecule has 0 aromatic heterocycles. The molecule has 41 heavy (non-hydrogen) atoms. The van der Waals surface area contributed by atoms with Crippen LogP contribution in [0.25, 0.3) is 0 Å². The number of aliphatic carboxylic acids is 1. The molecular weight excluding hydrogens is 544 g/mol. The zero-order valence-corrected chi connectivity index (χ0v) is 22.4. The van der Waals surface area contributed by atoms with Gasteiger partial charge in [0.05, 0.1) is 24.6 Å². The first-order valence-corrected chi connectivity index (χ1v) is 14.0. The van der Waals surface area contributed by atoms with Crippen LogP contribution in [0.5, 0.6) is 5.75 Å². The fourth-order valence-corrected chi connectivity index (χ4v) is 6.77. The number of carboxylic acid groups (broad SMARTS) is 1. The Kier molecular flexibility index (Phi) is 7.22. The second kappa shape index (κ2) is 10.6. The highest BCUT2D eigenvalue weighted by molar-refractivity contribution is 5.86. The van der Waals surface area contributed by atoms with Crippen LogP contribution < -0.4 is 4.74 Å². The van der Waals surface area contributed by atoms with Crippen molar-refractivity contribution < 1.29 is 41.7 Å². The standard InChI is InChI=1S/C30H32F4N2O5/c31-22-6-1-18(2-7-22)24-10-12-35(15-25(24)27(37)38)23-9-11-29(41-16-23,20-3-4-20)28(39)36-14-19-13-21(30(32,33)34)5-8-26(19)40-17-36/h1-2,5-8,13,20,23-25H,3-4,9-12,14-17H2,(H,37,38)/t23-,24+,25?,29+/m1/s1. The SMILES string of the molecule is O=C(O)C1CN([C@@H]2CC[C@@](C(=O)N3COc4ccc(C(F)(F)F)cc4C3)(C3CC3)OC2)CC[C@H]1c1ccc(F)cc1. The molecule has 3 fully saturated rings. The molecule has 1 saturated carbocycles. The molecule has 2 saturated heterocycles. The van der Waals surface area contributed by atoms with E-state index in [1.54, 1.807) is 12.1 Å². The first-order chi connectivity index (χ1) is 19.5. The Morgan fingerprint density at radius 1 is 1.02 bits per heavy atom. The molecule has 1 unspecified atom stereocenters. The first kappa shape index (κ1) is 28.0. The number of fused-ring (bicyclic) bond motifs is 1. The molecule has 220 valence electrons. The molecule has 0 radical (unpaired) electrons. The number of alkyl halides is 3. The monoisotopic (exact) mass is 576 g/mol. The molecule has 4 aliphatic rings. The van der Waals surface area contributed by atoms with E-state index in [1.165, 1.54) is 23.1 Å². The van der Waals surface area contributed by atoms with E-state index in [-0.39, 0.29) is 49.5 Å². The van der Waals surface area contributed by atoms with Crippen molar-refractivity contribution in [3.05, 3.63) is 65.0 Å². The van der Waals surface area contributed by atoms with Crippen LogP contribution in [-0.4, -0.2) is 64.9 Å². The number of likely N-dealkylation sites (tertiary alicyclic amines) is 1. The number of ether oxygens (including phenoxy) is 2. The van der Waals surface area contributed by atoms with E-state index < -0.39 is 29.2 Å². The number of nitrogens with zero attached hydrogens (tertiary/aromatic N) is 2. The number of hydrogen-bond donors (Lipinski definition) is 1. The molecule has 4 atom stereocenters. The Bertz CT molecular complexity index is 1300. The molecule has 1 aliphatic carbocycles. The van der Waals surface area contributed by atoms with Crippen LogP contribution in [0.3, 0.4) is 0 Å². The maximum atomic E-state index is 13.9. The lowest BCUT2D eigenvalue weighted by molar-refractivity contribution is -0.181. The summed E-state index contributed by atoms with van der Waals surface area (Å²) < 4.78 is 65.3. The number of hydrogen-bond acceptors (Lipinski definition) is 5. The molecular formula is C30H32F4N2O5. The average molecular weight is 577 g/mol. The van der Waals surface area contributed by atoms with E-state index in [1.807, 2.05) is 0 Å². The van der Waals surface area contributed by atoms with Crippen molar-refractivity contribution in [3.63, 3.8) is 0 Å². The van der Waals surface area contributed by atoms with Crippen molar-refractivity contribution in [2.24, 2.45) is 11.8 Å². The predicted molar refractivity (Wildman–Crippen MR) is 138 cm³/mol. The third-order valence-electron chi connectivity index (χ3n) is 9.17. The highest BCUT2D eigenvalue weighted by Crippen LogP contribution is 2.49. The Hall–Kier alpha value is -3.18. The summed E-state index contributed by atoms with van der Waals surface area (Å²) >= 11 is 0. The Morgan fingerprint density at radius 2 is 1.78 bits per heavy atom. The number of benzene rings is 2. The quantitative estimate of drug-likeness (QED) is 0.503. The van der Waals surface area contributed by atoms with E-state index >= 15 is 0 Å². The van der Waals surface area contributed by atoms with Gasteiger partial charge in [-0.2, -0.15) is 13.2 Å². The van der Waals surface area contributed by atoms with Crippen molar-refractivity contribution >= 4 is 11.9 Å². The summed E-state index contributed by atoms with van der Waals surface area (Å²) in [4.78, 5) is 29.6. The lowest BCUT2D eigenvalue weighted by Gasteiger charge is -2.47. The summed E-state index contributed by atoms with van der Waals surface area (Å²) in [5.74, 6) is -2.03. The molecule has 11 heteroatoms. The lowest BCUT2D eigenvalue weighted by atomic mass is 9.79. The van der Waals surface area contributed by atoms with Gasteiger partial charge in [0.15, 0.2) is 6.73 Å². The molecule has 1 N–H and O–H groups in total. The zero-order chi connectivity index (χ0) is 28.9. The van der Waals surface area contributed by atoms with Gasteiger partial charge in [-0.15, -0.1) is 0 Å². The summed E-state index contributed by atoms with van der Waals surface area (Å²) in [7, 11) is 0. The second-order valence-corrected chi connectivity index (χ2v) is 11.7. The van der Waals surface area contributed by atoms with E-state index in [4.69, 9.17) is 9.47 Å². The van der Waals surface area contributed by atoms with Gasteiger partial charge in [-0.05, 0) is 86.4 Å². The molecule has 6 rings (SSSR count). The van der Waals surface area contributed by atoms with Crippen LogP contribution in [0.2, 0.25) is 0 Å². The molecule has 3 aliphatic heterocycles. The van der Waals surface area contributed by atoms with E-state index in [9.17, 15) is 32.3 Å². The number of carbonyl (C=O) groups is 2. The smallest absolute Gasteiger partial charge is 0.416 e. The maximum absolute atomic E-state index is 13.9. The Labute approximate surface area is 235 Å². The van der Waals surface area contributed by atoms with Gasteiger partial charge < -0.3 is 19.5 Å². The molecule has 2 aromatic rings. The lowest BCUT2D eigenvalue weighted by Crippen LogP contribution is -2.59. The molecule has 7 nitrogen and oxygen atoms in total. The number of piperidine rings is 1. The molecule has 0 bridgehead atoms. The van der Waals surface area contributed by atoms with Gasteiger partial charge in [0, 0.05) is 18.2 Å². The fraction of sp³-hybridized carbons (Fsp3) is 0.533. The predicted octanol–water partition coefficient (Wildman–Crippen LogP) is 5.04. The van der Waals surface area contributed by atoms with Crippen LogP contribution in [0, 0.1) is 17.7 Å². The number of amides is 1. The Morgan fingerprint density at radius 3 is 2.41 bits per heavy atom. The third kappa shape index (κ3) is 5.41. The van der Waals surface area contributed by atoms with Crippen molar-refractivity contribution in [1.82, 2.24) is 9.80 Å². The summed E-state index contributed by atoms with van der Waals surface area (Å²) in [5, 5.41) is 10.00. The normalized spacial score (nSPS) is 29.0. The van der Waals surface area contributed by atoms with Crippen LogP contribution in [0.15, 0.2) is 42.5 Å². The van der Waals surface area contributed by atoms with Crippen LogP contribution >= 0.6 is 0 Å². The Balaban J connectivity index is 1.13. The van der Waals surface area contributed by atoms with Crippen molar-refractivity contribution in [2.75, 3.05) is 26.4 Å². The van der Waals surface area contributed by atoms with Crippen LogP contribution in [0.1, 0.15) is 54.7 Å². The minimum Gasteiger partial charge on any atom is -0.481 e. The zero-order valence-electron chi connectivity index (χ0n) is 22.4. The van der Waals surface area contributed by atoms with Gasteiger partial charge >= 0.3 is 12.1 Å². The van der Waals surface area contributed by atoms with Gasteiger partial charge in [-0.3, -0.25) is 14.5 Å². The highest BCUT2D eigenvalue weighted by Gasteiger charge is 2.56. The number of carbonyl (C=O) groups excluding carboxylic acids is 1. The molecule has 0 spiro atoms. The van der Waals surface area contributed by atoms with Gasteiger partial charge in [-0.1, -0.05) is 12.1 Å². The van der Waals surface area contributed by atoms with Crippen molar-refractivity contribution in [2.45, 2.75) is 62.4 Å². The number of rotatable bonds is 5. The van der Waals surface area contributed by atoms with Crippen LogP contribution in [0.4, 0.5) is 17.6 Å².